The molecule has 1 amide bonds. The number of carbonyl (C=O) groups excluding carboxylic acids is 1. The summed E-state index contributed by atoms with van der Waals surface area (Å²) in [6.45, 7) is 5.54. The van der Waals surface area contributed by atoms with E-state index >= 15 is 0 Å². The number of hydrogen-bond acceptors (Lipinski definition) is 6. The Hall–Kier alpha value is -2.68. The summed E-state index contributed by atoms with van der Waals surface area (Å²) in [6.07, 6.45) is 0. The zero-order valence-electron chi connectivity index (χ0n) is 17.0. The highest BCUT2D eigenvalue weighted by Crippen LogP contribution is 2.35. The second kappa shape index (κ2) is 9.42. The van der Waals surface area contributed by atoms with Gasteiger partial charge in [-0.15, -0.1) is 0 Å². The molecule has 4 rings (SSSR count). The molecule has 0 bridgehead atoms. The van der Waals surface area contributed by atoms with Crippen LogP contribution in [-0.4, -0.2) is 45.3 Å². The van der Waals surface area contributed by atoms with Crippen LogP contribution in [-0.2, 0) is 0 Å². The lowest BCUT2D eigenvalue weighted by atomic mass is 9.94. The van der Waals surface area contributed by atoms with E-state index < -0.39 is 0 Å². The number of hydrazine groups is 1. The van der Waals surface area contributed by atoms with E-state index in [9.17, 15) is 9.18 Å². The molecule has 2 aliphatic rings. The van der Waals surface area contributed by atoms with E-state index in [4.69, 9.17) is 9.47 Å². The van der Waals surface area contributed by atoms with Crippen molar-refractivity contribution in [1.82, 2.24) is 21.5 Å². The van der Waals surface area contributed by atoms with Crippen LogP contribution in [0.5, 0.6) is 11.5 Å². The van der Waals surface area contributed by atoms with Gasteiger partial charge in [-0.2, -0.15) is 0 Å². The molecule has 0 radical (unpaired) electrons. The maximum Gasteiger partial charge on any atom is 0.251 e. The summed E-state index contributed by atoms with van der Waals surface area (Å²) in [4.78, 5) is 12.1. The van der Waals surface area contributed by atoms with E-state index in [1.165, 1.54) is 6.07 Å². The molecular weight excluding hydrogens is 387 g/mol. The number of amides is 1. The number of halogens is 1. The Morgan fingerprint density at radius 1 is 1.13 bits per heavy atom. The summed E-state index contributed by atoms with van der Waals surface area (Å²) in [6, 6.07) is 10.7. The van der Waals surface area contributed by atoms with Crippen LogP contribution < -0.4 is 31.0 Å². The number of benzene rings is 2. The van der Waals surface area contributed by atoms with Crippen molar-refractivity contribution in [1.29, 1.82) is 0 Å². The predicted octanol–water partition coefficient (Wildman–Crippen LogP) is 1.69. The minimum Gasteiger partial charge on any atom is -0.486 e. The second-order valence-corrected chi connectivity index (χ2v) is 7.59. The molecule has 30 heavy (non-hydrogen) atoms. The lowest BCUT2D eigenvalue weighted by Crippen LogP contribution is -2.35. The van der Waals surface area contributed by atoms with E-state index in [0.717, 1.165) is 30.2 Å². The van der Waals surface area contributed by atoms with Crippen molar-refractivity contribution in [3.63, 3.8) is 0 Å². The van der Waals surface area contributed by atoms with E-state index in [2.05, 4.69) is 27.6 Å². The zero-order valence-corrected chi connectivity index (χ0v) is 17.0. The van der Waals surface area contributed by atoms with Crippen molar-refractivity contribution in [3.05, 3.63) is 58.9 Å². The van der Waals surface area contributed by atoms with Crippen LogP contribution in [0.3, 0.4) is 0 Å². The first kappa shape index (κ1) is 20.6. The number of rotatable bonds is 7. The molecular formula is C22H27FN4O3. The van der Waals surface area contributed by atoms with E-state index in [1.54, 1.807) is 19.1 Å². The molecule has 2 atom stereocenters. The van der Waals surface area contributed by atoms with Gasteiger partial charge in [0.2, 0.25) is 0 Å². The first-order chi connectivity index (χ1) is 14.6. The zero-order chi connectivity index (χ0) is 20.9. The van der Waals surface area contributed by atoms with Crippen molar-refractivity contribution in [2.24, 2.45) is 5.92 Å². The van der Waals surface area contributed by atoms with Gasteiger partial charge in [0.1, 0.15) is 19.0 Å². The molecule has 8 heteroatoms. The summed E-state index contributed by atoms with van der Waals surface area (Å²) in [5.41, 5.74) is 8.56. The molecule has 7 nitrogen and oxygen atoms in total. The number of aryl methyl sites for hydroxylation is 1. The van der Waals surface area contributed by atoms with Gasteiger partial charge in [0.25, 0.3) is 5.91 Å². The van der Waals surface area contributed by atoms with E-state index in [-0.39, 0.29) is 17.8 Å². The SMILES string of the molecule is Cc1ccc(C(=O)NCCNCC2CNNC2c2ccc3c(c2)OCCO3)cc1F. The smallest absolute Gasteiger partial charge is 0.251 e. The molecule has 2 aromatic carbocycles. The Labute approximate surface area is 175 Å². The van der Waals surface area contributed by atoms with Crippen LogP contribution in [0.15, 0.2) is 36.4 Å². The lowest BCUT2D eigenvalue weighted by Gasteiger charge is -2.23. The number of carbonyl (C=O) groups is 1. The molecule has 4 N–H and O–H groups in total. The van der Waals surface area contributed by atoms with E-state index in [0.29, 0.717) is 43.3 Å². The average molecular weight is 414 g/mol. The fraction of sp³-hybridized carbons (Fsp3) is 0.409. The van der Waals surface area contributed by atoms with Crippen LogP contribution in [0.2, 0.25) is 0 Å². The predicted molar refractivity (Wildman–Crippen MR) is 111 cm³/mol. The number of fused-ring (bicyclic) bond motifs is 1. The van der Waals surface area contributed by atoms with Crippen molar-refractivity contribution >= 4 is 5.91 Å². The molecule has 1 saturated heterocycles. The highest BCUT2D eigenvalue weighted by molar-refractivity contribution is 5.94. The molecule has 0 saturated carbocycles. The Bertz CT molecular complexity index is 908. The first-order valence-corrected chi connectivity index (χ1v) is 10.2. The summed E-state index contributed by atoms with van der Waals surface area (Å²) >= 11 is 0. The normalized spacial score (nSPS) is 20.2. The average Bonchev–Trinajstić information content (AvgIpc) is 3.23. The number of ether oxygens (including phenoxy) is 2. The van der Waals surface area contributed by atoms with Gasteiger partial charge in [0, 0.05) is 37.7 Å². The van der Waals surface area contributed by atoms with Crippen molar-refractivity contribution < 1.29 is 18.7 Å². The molecule has 2 aliphatic heterocycles. The summed E-state index contributed by atoms with van der Waals surface area (Å²) in [5.74, 6) is 1.28. The number of hydrogen-bond donors (Lipinski definition) is 4. The topological polar surface area (TPSA) is 83.7 Å². The quantitative estimate of drug-likeness (QED) is 0.516. The molecule has 0 spiro atoms. The molecule has 1 fully saturated rings. The Kier molecular flexibility index (Phi) is 6.47. The Balaban J connectivity index is 1.23. The summed E-state index contributed by atoms with van der Waals surface area (Å²) in [7, 11) is 0. The van der Waals surface area contributed by atoms with Crippen molar-refractivity contribution in [2.75, 3.05) is 39.4 Å². The van der Waals surface area contributed by atoms with Gasteiger partial charge in [-0.3, -0.25) is 10.2 Å². The maximum absolute atomic E-state index is 13.6. The lowest BCUT2D eigenvalue weighted by molar-refractivity contribution is 0.0953. The second-order valence-electron chi connectivity index (χ2n) is 7.59. The van der Waals surface area contributed by atoms with Gasteiger partial charge in [-0.25, -0.2) is 9.82 Å². The third-order valence-electron chi connectivity index (χ3n) is 5.45. The largest absolute Gasteiger partial charge is 0.486 e. The van der Waals surface area contributed by atoms with Crippen molar-refractivity contribution in [3.8, 4) is 11.5 Å². The van der Waals surface area contributed by atoms with Crippen LogP contribution in [0, 0.1) is 18.7 Å². The highest BCUT2D eigenvalue weighted by atomic mass is 19.1. The van der Waals surface area contributed by atoms with Gasteiger partial charge in [-0.1, -0.05) is 12.1 Å². The minimum atomic E-state index is -0.368. The van der Waals surface area contributed by atoms with Crippen LogP contribution >= 0.6 is 0 Å². The van der Waals surface area contributed by atoms with Gasteiger partial charge in [0.05, 0.1) is 6.04 Å². The van der Waals surface area contributed by atoms with Crippen LogP contribution in [0.4, 0.5) is 4.39 Å². The van der Waals surface area contributed by atoms with Crippen LogP contribution in [0.25, 0.3) is 0 Å². The third-order valence-corrected chi connectivity index (χ3v) is 5.45. The Morgan fingerprint density at radius 3 is 2.80 bits per heavy atom. The van der Waals surface area contributed by atoms with Gasteiger partial charge >= 0.3 is 0 Å². The summed E-state index contributed by atoms with van der Waals surface area (Å²) in [5, 5.41) is 6.21. The fourth-order valence-corrected chi connectivity index (χ4v) is 3.72. The van der Waals surface area contributed by atoms with E-state index in [1.807, 2.05) is 12.1 Å². The molecule has 2 heterocycles. The summed E-state index contributed by atoms with van der Waals surface area (Å²) < 4.78 is 24.9. The molecule has 0 aromatic heterocycles. The van der Waals surface area contributed by atoms with Crippen LogP contribution in [0.1, 0.15) is 27.5 Å². The molecule has 2 aromatic rings. The molecule has 2 unspecified atom stereocenters. The van der Waals surface area contributed by atoms with Gasteiger partial charge < -0.3 is 20.1 Å². The molecule has 160 valence electrons. The van der Waals surface area contributed by atoms with Gasteiger partial charge in [-0.05, 0) is 42.3 Å². The van der Waals surface area contributed by atoms with Gasteiger partial charge in [0.15, 0.2) is 11.5 Å². The first-order valence-electron chi connectivity index (χ1n) is 10.2. The standard InChI is InChI=1S/C22H27FN4O3/c1-14-2-3-16(10-18(14)23)22(28)25-7-6-24-12-17-13-26-27-21(17)15-4-5-19-20(11-15)30-9-8-29-19/h2-5,10-11,17,21,24,26-27H,6-9,12-13H2,1H3,(H,25,28). The van der Waals surface area contributed by atoms with Crippen molar-refractivity contribution in [2.45, 2.75) is 13.0 Å². The maximum atomic E-state index is 13.6. The monoisotopic (exact) mass is 414 g/mol. The highest BCUT2D eigenvalue weighted by Gasteiger charge is 2.29. The molecule has 0 aliphatic carbocycles. The Morgan fingerprint density at radius 2 is 1.97 bits per heavy atom. The number of nitrogens with one attached hydrogen (secondary N) is 4. The minimum absolute atomic E-state index is 0.151. The third kappa shape index (κ3) is 4.72. The fourth-order valence-electron chi connectivity index (χ4n) is 3.72.